The molecule has 3 heteroatoms. The minimum absolute atomic E-state index is 1.01. The van der Waals surface area contributed by atoms with Gasteiger partial charge in [0, 0.05) is 5.39 Å². The molecule has 0 aliphatic rings. The molecule has 0 spiro atoms. The summed E-state index contributed by atoms with van der Waals surface area (Å²) in [6.45, 7) is 0. The van der Waals surface area contributed by atoms with Gasteiger partial charge in [-0.3, -0.25) is 0 Å². The van der Waals surface area contributed by atoms with Crippen LogP contribution in [0, 0.1) is 0 Å². The lowest BCUT2D eigenvalue weighted by Crippen LogP contribution is -1.84. The Kier molecular flexibility index (Phi) is 1.96. The van der Waals surface area contributed by atoms with Gasteiger partial charge in [0.15, 0.2) is 0 Å². The number of rotatable bonds is 1. The van der Waals surface area contributed by atoms with E-state index in [4.69, 9.17) is 0 Å². The second-order valence-corrected chi connectivity index (χ2v) is 3.20. The molecule has 0 fully saturated rings. The van der Waals surface area contributed by atoms with Crippen LogP contribution in [0.3, 0.4) is 0 Å². The van der Waals surface area contributed by atoms with Crippen molar-refractivity contribution in [1.82, 2.24) is 9.97 Å². The van der Waals surface area contributed by atoms with Gasteiger partial charge in [0.1, 0.15) is 11.4 Å². The number of nitrogens with zero attached hydrogens (tertiary/aromatic N) is 2. The number of hydrogen-bond acceptors (Lipinski definition) is 3. The van der Waals surface area contributed by atoms with Gasteiger partial charge in [0.25, 0.3) is 0 Å². The van der Waals surface area contributed by atoms with Crippen LogP contribution in [-0.2, 0) is 0 Å². The number of fused-ring (bicyclic) bond motifs is 1. The molecule has 0 radical (unpaired) electrons. The maximum absolute atomic E-state index is 4.18. The van der Waals surface area contributed by atoms with Crippen molar-refractivity contribution in [3.8, 4) is 0 Å². The first-order valence-electron chi connectivity index (χ1n) is 3.65. The lowest BCUT2D eigenvalue weighted by atomic mass is 10.2. The molecule has 0 amide bonds. The number of aromatic nitrogens is 2. The predicted molar refractivity (Wildman–Crippen MR) is 51.3 cm³/mol. The van der Waals surface area contributed by atoms with Crippen molar-refractivity contribution in [2.75, 3.05) is 6.26 Å². The van der Waals surface area contributed by atoms with E-state index >= 15 is 0 Å². The van der Waals surface area contributed by atoms with Gasteiger partial charge in [-0.05, 0) is 12.3 Å². The van der Waals surface area contributed by atoms with Crippen molar-refractivity contribution < 1.29 is 0 Å². The highest BCUT2D eigenvalue weighted by molar-refractivity contribution is 7.98. The first-order chi connectivity index (χ1) is 5.92. The zero-order valence-corrected chi connectivity index (χ0v) is 7.51. The van der Waals surface area contributed by atoms with Crippen LogP contribution < -0.4 is 0 Å². The molecule has 1 aromatic heterocycles. The summed E-state index contributed by atoms with van der Waals surface area (Å²) in [6.07, 6.45) is 3.63. The second kappa shape index (κ2) is 3.11. The summed E-state index contributed by atoms with van der Waals surface area (Å²) in [7, 11) is 0. The minimum atomic E-state index is 1.01. The summed E-state index contributed by atoms with van der Waals surface area (Å²) in [5, 5.41) is 2.17. The molecule has 12 heavy (non-hydrogen) atoms. The molecule has 0 unspecified atom stereocenters. The Bertz CT molecular complexity index is 395. The molecule has 1 heterocycles. The van der Waals surface area contributed by atoms with Crippen LogP contribution in [0.25, 0.3) is 10.9 Å². The van der Waals surface area contributed by atoms with Crippen LogP contribution in [0.2, 0.25) is 0 Å². The minimum Gasteiger partial charge on any atom is -0.236 e. The third kappa shape index (κ3) is 1.16. The van der Waals surface area contributed by atoms with E-state index in [2.05, 4.69) is 9.97 Å². The van der Waals surface area contributed by atoms with Crippen LogP contribution in [0.1, 0.15) is 0 Å². The van der Waals surface area contributed by atoms with E-state index in [0.29, 0.717) is 0 Å². The molecule has 0 saturated heterocycles. The van der Waals surface area contributed by atoms with E-state index in [1.54, 1.807) is 18.1 Å². The van der Waals surface area contributed by atoms with Crippen LogP contribution in [0.5, 0.6) is 0 Å². The Morgan fingerprint density at radius 1 is 1.17 bits per heavy atom. The van der Waals surface area contributed by atoms with E-state index in [1.807, 2.05) is 30.5 Å². The topological polar surface area (TPSA) is 25.8 Å². The SMILES string of the molecule is CSc1ncnc2ccccc12. The van der Waals surface area contributed by atoms with Crippen molar-refractivity contribution in [1.29, 1.82) is 0 Å². The van der Waals surface area contributed by atoms with Gasteiger partial charge >= 0.3 is 0 Å². The Morgan fingerprint density at radius 2 is 2.00 bits per heavy atom. The molecule has 0 aliphatic heterocycles. The monoisotopic (exact) mass is 176 g/mol. The summed E-state index contributed by atoms with van der Waals surface area (Å²) >= 11 is 1.65. The second-order valence-electron chi connectivity index (χ2n) is 2.40. The van der Waals surface area contributed by atoms with Gasteiger partial charge < -0.3 is 0 Å². The Balaban J connectivity index is 2.79. The standard InChI is InChI=1S/C9H8N2S/c1-12-9-7-4-2-3-5-8(7)10-6-11-9/h2-6H,1H3. The smallest absolute Gasteiger partial charge is 0.117 e. The largest absolute Gasteiger partial charge is 0.236 e. The molecule has 0 atom stereocenters. The van der Waals surface area contributed by atoms with Crippen molar-refractivity contribution >= 4 is 22.7 Å². The summed E-state index contributed by atoms with van der Waals surface area (Å²) in [5.41, 5.74) is 1.01. The molecule has 2 aromatic rings. The Labute approximate surface area is 75.0 Å². The summed E-state index contributed by atoms with van der Waals surface area (Å²) in [6, 6.07) is 8.03. The predicted octanol–water partition coefficient (Wildman–Crippen LogP) is 2.35. The summed E-state index contributed by atoms with van der Waals surface area (Å²) < 4.78 is 0. The van der Waals surface area contributed by atoms with E-state index in [9.17, 15) is 0 Å². The van der Waals surface area contributed by atoms with Crippen LogP contribution in [-0.4, -0.2) is 16.2 Å². The van der Waals surface area contributed by atoms with Gasteiger partial charge in [0.05, 0.1) is 5.52 Å². The van der Waals surface area contributed by atoms with E-state index in [0.717, 1.165) is 15.9 Å². The molecule has 1 aromatic carbocycles. The molecule has 0 saturated carbocycles. The van der Waals surface area contributed by atoms with Gasteiger partial charge in [-0.15, -0.1) is 11.8 Å². The highest BCUT2D eigenvalue weighted by Gasteiger charge is 1.99. The molecule has 2 rings (SSSR count). The summed E-state index contributed by atoms with van der Waals surface area (Å²) in [5.74, 6) is 0. The van der Waals surface area contributed by atoms with Crippen molar-refractivity contribution in [3.05, 3.63) is 30.6 Å². The molecule has 2 nitrogen and oxygen atoms in total. The first kappa shape index (κ1) is 7.55. The fraction of sp³-hybridized carbons (Fsp3) is 0.111. The maximum Gasteiger partial charge on any atom is 0.117 e. The van der Waals surface area contributed by atoms with Crippen molar-refractivity contribution in [3.63, 3.8) is 0 Å². The molecule has 0 N–H and O–H groups in total. The quantitative estimate of drug-likeness (QED) is 0.492. The molecule has 0 bridgehead atoms. The zero-order valence-electron chi connectivity index (χ0n) is 6.69. The highest BCUT2D eigenvalue weighted by atomic mass is 32.2. The molecule has 0 aliphatic carbocycles. The first-order valence-corrected chi connectivity index (χ1v) is 4.88. The normalized spacial score (nSPS) is 10.4. The lowest BCUT2D eigenvalue weighted by Gasteiger charge is -1.99. The number of para-hydroxylation sites is 1. The lowest BCUT2D eigenvalue weighted by molar-refractivity contribution is 1.10. The third-order valence-electron chi connectivity index (χ3n) is 1.70. The van der Waals surface area contributed by atoms with Crippen molar-refractivity contribution in [2.24, 2.45) is 0 Å². The van der Waals surface area contributed by atoms with Crippen LogP contribution in [0.4, 0.5) is 0 Å². The Morgan fingerprint density at radius 3 is 2.83 bits per heavy atom. The maximum atomic E-state index is 4.18. The van der Waals surface area contributed by atoms with Gasteiger partial charge in [-0.2, -0.15) is 0 Å². The van der Waals surface area contributed by atoms with Crippen molar-refractivity contribution in [2.45, 2.75) is 5.03 Å². The molecule has 60 valence electrons. The van der Waals surface area contributed by atoms with E-state index in [-0.39, 0.29) is 0 Å². The third-order valence-corrected chi connectivity index (χ3v) is 2.41. The average molecular weight is 176 g/mol. The fourth-order valence-electron chi connectivity index (χ4n) is 1.14. The Hall–Kier alpha value is -1.09. The molecular weight excluding hydrogens is 168 g/mol. The number of benzene rings is 1. The van der Waals surface area contributed by atoms with Crippen LogP contribution in [0.15, 0.2) is 35.6 Å². The number of hydrogen-bond donors (Lipinski definition) is 0. The highest BCUT2D eigenvalue weighted by Crippen LogP contribution is 2.21. The van der Waals surface area contributed by atoms with E-state index in [1.165, 1.54) is 0 Å². The zero-order chi connectivity index (χ0) is 8.39. The fourth-order valence-corrected chi connectivity index (χ4v) is 1.69. The molecular formula is C9H8N2S. The van der Waals surface area contributed by atoms with Gasteiger partial charge in [0.2, 0.25) is 0 Å². The average Bonchev–Trinajstić information content (AvgIpc) is 2.17. The number of thioether (sulfide) groups is 1. The van der Waals surface area contributed by atoms with Crippen LogP contribution >= 0.6 is 11.8 Å². The summed E-state index contributed by atoms with van der Waals surface area (Å²) in [4.78, 5) is 8.34. The van der Waals surface area contributed by atoms with Gasteiger partial charge in [-0.1, -0.05) is 18.2 Å². The van der Waals surface area contributed by atoms with E-state index < -0.39 is 0 Å². The van der Waals surface area contributed by atoms with Gasteiger partial charge in [-0.25, -0.2) is 9.97 Å².